The Hall–Kier alpha value is -0.750. The number of nitrogens with two attached hydrogens (primary N) is 1. The largest absolute Gasteiger partial charge is 0.485 e. The zero-order chi connectivity index (χ0) is 15.6. The van der Waals surface area contributed by atoms with Crippen LogP contribution in [0.2, 0.25) is 10.0 Å². The number of hydrogen-bond acceptors (Lipinski definition) is 3. The summed E-state index contributed by atoms with van der Waals surface area (Å²) in [7, 11) is 0. The number of rotatable bonds is 5. The van der Waals surface area contributed by atoms with E-state index in [4.69, 9.17) is 33.7 Å². The molecule has 0 saturated carbocycles. The van der Waals surface area contributed by atoms with Crippen molar-refractivity contribution in [3.8, 4) is 5.75 Å². The SMILES string of the molecule is CCn1nc(C)c(Br)c1COc1c(Cl)cc(Cl)cc1CN. The normalized spacial score (nSPS) is 11.0. The fourth-order valence-corrected chi connectivity index (χ4v) is 3.06. The third-order valence-corrected chi connectivity index (χ3v) is 4.64. The van der Waals surface area contributed by atoms with Crippen molar-refractivity contribution in [2.45, 2.75) is 33.5 Å². The van der Waals surface area contributed by atoms with Gasteiger partial charge in [0.2, 0.25) is 0 Å². The maximum Gasteiger partial charge on any atom is 0.143 e. The topological polar surface area (TPSA) is 53.1 Å². The highest BCUT2D eigenvalue weighted by atomic mass is 79.9. The van der Waals surface area contributed by atoms with Crippen molar-refractivity contribution in [1.82, 2.24) is 9.78 Å². The molecule has 114 valence electrons. The quantitative estimate of drug-likeness (QED) is 0.824. The van der Waals surface area contributed by atoms with Crippen molar-refractivity contribution in [2.24, 2.45) is 5.73 Å². The molecule has 0 radical (unpaired) electrons. The van der Waals surface area contributed by atoms with Crippen molar-refractivity contribution >= 4 is 39.1 Å². The van der Waals surface area contributed by atoms with E-state index in [2.05, 4.69) is 21.0 Å². The van der Waals surface area contributed by atoms with Gasteiger partial charge in [-0.1, -0.05) is 23.2 Å². The Balaban J connectivity index is 2.29. The van der Waals surface area contributed by atoms with Gasteiger partial charge in [0.25, 0.3) is 0 Å². The maximum atomic E-state index is 6.20. The van der Waals surface area contributed by atoms with E-state index in [1.54, 1.807) is 12.1 Å². The van der Waals surface area contributed by atoms with E-state index in [0.717, 1.165) is 28.0 Å². The molecule has 4 nitrogen and oxygen atoms in total. The molecule has 1 aromatic carbocycles. The lowest BCUT2D eigenvalue weighted by atomic mass is 10.2. The number of nitrogens with zero attached hydrogens (tertiary/aromatic N) is 2. The highest BCUT2D eigenvalue weighted by Crippen LogP contribution is 2.33. The van der Waals surface area contributed by atoms with Gasteiger partial charge in [-0.25, -0.2) is 0 Å². The number of hydrogen-bond donors (Lipinski definition) is 1. The summed E-state index contributed by atoms with van der Waals surface area (Å²) in [6.45, 7) is 5.40. The summed E-state index contributed by atoms with van der Waals surface area (Å²) >= 11 is 15.7. The summed E-state index contributed by atoms with van der Waals surface area (Å²) in [6.07, 6.45) is 0. The van der Waals surface area contributed by atoms with Crippen molar-refractivity contribution in [1.29, 1.82) is 0 Å². The van der Waals surface area contributed by atoms with Gasteiger partial charge >= 0.3 is 0 Å². The first kappa shape index (κ1) is 16.6. The average Bonchev–Trinajstić information content (AvgIpc) is 2.72. The molecule has 2 N–H and O–H groups in total. The van der Waals surface area contributed by atoms with Crippen LogP contribution in [0, 0.1) is 6.92 Å². The van der Waals surface area contributed by atoms with Gasteiger partial charge in [-0.05, 0) is 41.9 Å². The highest BCUT2D eigenvalue weighted by molar-refractivity contribution is 9.10. The first-order valence-corrected chi connectivity index (χ1v) is 8.05. The first-order chi connectivity index (χ1) is 9.97. The van der Waals surface area contributed by atoms with E-state index in [1.807, 2.05) is 18.5 Å². The summed E-state index contributed by atoms with van der Waals surface area (Å²) < 4.78 is 8.72. The summed E-state index contributed by atoms with van der Waals surface area (Å²) in [5.41, 5.74) is 8.39. The number of aryl methyl sites for hydroxylation is 2. The van der Waals surface area contributed by atoms with Crippen LogP contribution in [0.5, 0.6) is 5.75 Å². The van der Waals surface area contributed by atoms with Crippen LogP contribution in [0.15, 0.2) is 16.6 Å². The minimum atomic E-state index is 0.308. The summed E-state index contributed by atoms with van der Waals surface area (Å²) in [5.74, 6) is 0.567. The van der Waals surface area contributed by atoms with Crippen LogP contribution in [0.4, 0.5) is 0 Å². The Morgan fingerprint density at radius 1 is 1.38 bits per heavy atom. The lowest BCUT2D eigenvalue weighted by Gasteiger charge is -2.13. The number of halogens is 3. The minimum Gasteiger partial charge on any atom is -0.485 e. The standard InChI is InChI=1S/C14H16BrCl2N3O/c1-3-20-12(13(15)8(2)19-20)7-21-14-9(6-18)4-10(16)5-11(14)17/h4-5H,3,6-7,18H2,1-2H3. The predicted molar refractivity (Wildman–Crippen MR) is 89.0 cm³/mol. The van der Waals surface area contributed by atoms with E-state index in [1.165, 1.54) is 0 Å². The summed E-state index contributed by atoms with van der Waals surface area (Å²) in [5, 5.41) is 5.43. The van der Waals surface area contributed by atoms with Crippen LogP contribution in [-0.2, 0) is 19.7 Å². The fourth-order valence-electron chi connectivity index (χ4n) is 2.07. The smallest absolute Gasteiger partial charge is 0.143 e. The third-order valence-electron chi connectivity index (χ3n) is 3.11. The molecule has 0 atom stereocenters. The van der Waals surface area contributed by atoms with Crippen LogP contribution in [0.25, 0.3) is 0 Å². The fraction of sp³-hybridized carbons (Fsp3) is 0.357. The number of benzene rings is 1. The van der Waals surface area contributed by atoms with E-state index in [-0.39, 0.29) is 0 Å². The van der Waals surface area contributed by atoms with Gasteiger partial charge in [-0.3, -0.25) is 4.68 Å². The first-order valence-electron chi connectivity index (χ1n) is 6.50. The van der Waals surface area contributed by atoms with Crippen molar-refractivity contribution in [2.75, 3.05) is 0 Å². The van der Waals surface area contributed by atoms with E-state index in [0.29, 0.717) is 28.9 Å². The molecule has 0 amide bonds. The molecule has 0 aliphatic rings. The summed E-state index contributed by atoms with van der Waals surface area (Å²) in [4.78, 5) is 0. The molecule has 1 heterocycles. The third kappa shape index (κ3) is 3.54. The highest BCUT2D eigenvalue weighted by Gasteiger charge is 2.15. The van der Waals surface area contributed by atoms with Gasteiger partial charge in [0.1, 0.15) is 12.4 Å². The Morgan fingerprint density at radius 2 is 2.10 bits per heavy atom. The van der Waals surface area contributed by atoms with Gasteiger partial charge in [0, 0.05) is 23.7 Å². The predicted octanol–water partition coefficient (Wildman–Crippen LogP) is 4.32. The van der Waals surface area contributed by atoms with Crippen molar-refractivity contribution in [3.63, 3.8) is 0 Å². The monoisotopic (exact) mass is 391 g/mol. The number of ether oxygens (including phenoxy) is 1. The van der Waals surface area contributed by atoms with E-state index >= 15 is 0 Å². The molecule has 0 aliphatic carbocycles. The van der Waals surface area contributed by atoms with Crippen LogP contribution >= 0.6 is 39.1 Å². The zero-order valence-electron chi connectivity index (χ0n) is 11.8. The molecule has 0 saturated heterocycles. The number of aromatic nitrogens is 2. The molecular formula is C14H16BrCl2N3O. The Morgan fingerprint density at radius 3 is 2.71 bits per heavy atom. The Kier molecular flexibility index (Phi) is 5.54. The van der Waals surface area contributed by atoms with Crippen LogP contribution in [-0.4, -0.2) is 9.78 Å². The molecular weight excluding hydrogens is 377 g/mol. The average molecular weight is 393 g/mol. The lowest BCUT2D eigenvalue weighted by molar-refractivity contribution is 0.289. The van der Waals surface area contributed by atoms with Gasteiger partial charge in [0.05, 0.1) is 20.9 Å². The molecule has 2 aromatic rings. The maximum absolute atomic E-state index is 6.20. The van der Waals surface area contributed by atoms with Crippen LogP contribution in [0.3, 0.4) is 0 Å². The molecule has 0 spiro atoms. The van der Waals surface area contributed by atoms with E-state index in [9.17, 15) is 0 Å². The molecule has 21 heavy (non-hydrogen) atoms. The molecule has 0 bridgehead atoms. The molecule has 0 fully saturated rings. The molecule has 7 heteroatoms. The van der Waals surface area contributed by atoms with Gasteiger partial charge in [0.15, 0.2) is 0 Å². The lowest BCUT2D eigenvalue weighted by Crippen LogP contribution is -2.08. The minimum absolute atomic E-state index is 0.308. The molecule has 2 rings (SSSR count). The Bertz CT molecular complexity index is 658. The van der Waals surface area contributed by atoms with Gasteiger partial charge in [-0.2, -0.15) is 5.10 Å². The summed E-state index contributed by atoms with van der Waals surface area (Å²) in [6, 6.07) is 3.41. The van der Waals surface area contributed by atoms with Crippen molar-refractivity contribution < 1.29 is 4.74 Å². The van der Waals surface area contributed by atoms with E-state index < -0.39 is 0 Å². The van der Waals surface area contributed by atoms with Crippen molar-refractivity contribution in [3.05, 3.63) is 43.6 Å². The molecule has 0 aliphatic heterocycles. The second-order valence-electron chi connectivity index (χ2n) is 4.53. The van der Waals surface area contributed by atoms with Crippen LogP contribution < -0.4 is 10.5 Å². The molecule has 1 aromatic heterocycles. The van der Waals surface area contributed by atoms with Gasteiger partial charge in [-0.15, -0.1) is 0 Å². The zero-order valence-corrected chi connectivity index (χ0v) is 14.9. The molecule has 0 unspecified atom stereocenters. The van der Waals surface area contributed by atoms with Crippen LogP contribution in [0.1, 0.15) is 23.9 Å². The van der Waals surface area contributed by atoms with Gasteiger partial charge < -0.3 is 10.5 Å². The second-order valence-corrected chi connectivity index (χ2v) is 6.17. The second kappa shape index (κ2) is 7.01. The Labute approximate surface area is 142 Å².